The number of halogens is 2. The Morgan fingerprint density at radius 1 is 1.31 bits per heavy atom. The van der Waals surface area contributed by atoms with Gasteiger partial charge in [-0.25, -0.2) is 9.37 Å². The molecule has 0 fully saturated rings. The molecule has 0 radical (unpaired) electrons. The van der Waals surface area contributed by atoms with Gasteiger partial charge in [0, 0.05) is 5.39 Å². The number of rotatable bonds is 0. The molecule has 1 heterocycles. The average molecular weight is 241 g/mol. The first kappa shape index (κ1) is 8.44. The van der Waals surface area contributed by atoms with Crippen LogP contribution in [0.1, 0.15) is 0 Å². The number of nitrogen functional groups attached to an aromatic ring is 1. The van der Waals surface area contributed by atoms with Crippen molar-refractivity contribution in [1.29, 1.82) is 0 Å². The zero-order valence-electron chi connectivity index (χ0n) is 6.59. The predicted octanol–water partition coefficient (Wildman–Crippen LogP) is 2.72. The summed E-state index contributed by atoms with van der Waals surface area (Å²) >= 11 is 3.23. The monoisotopic (exact) mass is 240 g/mol. The zero-order valence-corrected chi connectivity index (χ0v) is 8.18. The van der Waals surface area contributed by atoms with Crippen LogP contribution in [0.4, 0.5) is 10.2 Å². The van der Waals surface area contributed by atoms with Crippen LogP contribution in [0.15, 0.2) is 28.7 Å². The maximum absolute atomic E-state index is 12.8. The van der Waals surface area contributed by atoms with Crippen molar-refractivity contribution in [2.75, 3.05) is 5.73 Å². The lowest BCUT2D eigenvalue weighted by Crippen LogP contribution is -1.92. The minimum atomic E-state index is -0.272. The fourth-order valence-electron chi connectivity index (χ4n) is 1.14. The van der Waals surface area contributed by atoms with Gasteiger partial charge in [-0.1, -0.05) is 0 Å². The van der Waals surface area contributed by atoms with Crippen LogP contribution in [0, 0.1) is 5.82 Å². The standard InChI is InChI=1S/C9H6BrFN2/c10-7-4-5-3-6(11)1-2-8(5)13-9(7)12/h1-4H,(H2,12,13). The summed E-state index contributed by atoms with van der Waals surface area (Å²) in [5, 5.41) is 0.737. The number of hydrogen-bond donors (Lipinski definition) is 1. The molecule has 2 N–H and O–H groups in total. The highest BCUT2D eigenvalue weighted by Crippen LogP contribution is 2.23. The number of anilines is 1. The van der Waals surface area contributed by atoms with Crippen LogP contribution < -0.4 is 5.73 Å². The summed E-state index contributed by atoms with van der Waals surface area (Å²) < 4.78 is 13.5. The van der Waals surface area contributed by atoms with Gasteiger partial charge >= 0.3 is 0 Å². The van der Waals surface area contributed by atoms with Crippen LogP contribution >= 0.6 is 15.9 Å². The van der Waals surface area contributed by atoms with Gasteiger partial charge in [0.15, 0.2) is 0 Å². The second-order valence-electron chi connectivity index (χ2n) is 2.69. The van der Waals surface area contributed by atoms with Crippen molar-refractivity contribution in [3.05, 3.63) is 34.6 Å². The second kappa shape index (κ2) is 2.96. The van der Waals surface area contributed by atoms with Gasteiger partial charge in [-0.2, -0.15) is 0 Å². The normalized spacial score (nSPS) is 10.6. The highest BCUT2D eigenvalue weighted by Gasteiger charge is 2.01. The molecule has 0 spiro atoms. The molecule has 0 aliphatic heterocycles. The largest absolute Gasteiger partial charge is 0.383 e. The Hall–Kier alpha value is -1.16. The van der Waals surface area contributed by atoms with E-state index in [0.29, 0.717) is 15.8 Å². The number of nitrogens with two attached hydrogens (primary N) is 1. The predicted molar refractivity (Wildman–Crippen MR) is 53.8 cm³/mol. The van der Waals surface area contributed by atoms with E-state index in [9.17, 15) is 4.39 Å². The smallest absolute Gasteiger partial charge is 0.138 e. The van der Waals surface area contributed by atoms with E-state index in [1.54, 1.807) is 12.1 Å². The highest BCUT2D eigenvalue weighted by molar-refractivity contribution is 9.10. The Labute approximate surface area is 82.7 Å². The molecule has 0 bridgehead atoms. The molecule has 1 aromatic carbocycles. The van der Waals surface area contributed by atoms with Crippen LogP contribution in [0.2, 0.25) is 0 Å². The van der Waals surface area contributed by atoms with Crippen molar-refractivity contribution in [2.45, 2.75) is 0 Å². The summed E-state index contributed by atoms with van der Waals surface area (Å²) in [7, 11) is 0. The summed E-state index contributed by atoms with van der Waals surface area (Å²) in [5.74, 6) is 0.144. The van der Waals surface area contributed by atoms with Crippen LogP contribution in [-0.4, -0.2) is 4.98 Å². The van der Waals surface area contributed by atoms with Gasteiger partial charge in [0.05, 0.1) is 9.99 Å². The van der Waals surface area contributed by atoms with Crippen LogP contribution in [0.3, 0.4) is 0 Å². The highest BCUT2D eigenvalue weighted by atomic mass is 79.9. The maximum atomic E-state index is 12.8. The molecule has 2 nitrogen and oxygen atoms in total. The Balaban J connectivity index is 2.81. The molecule has 0 aliphatic carbocycles. The molecule has 0 saturated carbocycles. The van der Waals surface area contributed by atoms with Crippen molar-refractivity contribution in [3.63, 3.8) is 0 Å². The molecule has 2 aromatic rings. The lowest BCUT2D eigenvalue weighted by atomic mass is 10.2. The van der Waals surface area contributed by atoms with Gasteiger partial charge < -0.3 is 5.73 Å². The lowest BCUT2D eigenvalue weighted by Gasteiger charge is -2.00. The minimum Gasteiger partial charge on any atom is -0.383 e. The van der Waals surface area contributed by atoms with Crippen molar-refractivity contribution < 1.29 is 4.39 Å². The third kappa shape index (κ3) is 1.49. The van der Waals surface area contributed by atoms with Gasteiger partial charge in [0.25, 0.3) is 0 Å². The first-order valence-electron chi connectivity index (χ1n) is 3.68. The summed E-state index contributed by atoms with van der Waals surface area (Å²) in [4.78, 5) is 4.08. The third-order valence-electron chi connectivity index (χ3n) is 1.76. The van der Waals surface area contributed by atoms with E-state index < -0.39 is 0 Å². The molecule has 13 heavy (non-hydrogen) atoms. The molecule has 4 heteroatoms. The quantitative estimate of drug-likeness (QED) is 0.770. The molecule has 2 rings (SSSR count). The first-order valence-corrected chi connectivity index (χ1v) is 4.47. The number of aromatic nitrogens is 1. The summed E-state index contributed by atoms with van der Waals surface area (Å²) in [6.45, 7) is 0. The van der Waals surface area contributed by atoms with Crippen LogP contribution in [-0.2, 0) is 0 Å². The van der Waals surface area contributed by atoms with Crippen molar-refractivity contribution in [3.8, 4) is 0 Å². The molecule has 0 unspecified atom stereocenters. The van der Waals surface area contributed by atoms with E-state index in [4.69, 9.17) is 5.73 Å². The van der Waals surface area contributed by atoms with E-state index in [1.807, 2.05) is 0 Å². The van der Waals surface area contributed by atoms with E-state index in [0.717, 1.165) is 5.39 Å². The van der Waals surface area contributed by atoms with E-state index in [1.165, 1.54) is 12.1 Å². The topological polar surface area (TPSA) is 38.9 Å². The molecule has 0 amide bonds. The van der Waals surface area contributed by atoms with Crippen LogP contribution in [0.5, 0.6) is 0 Å². The number of fused-ring (bicyclic) bond motifs is 1. The number of nitrogens with zero attached hydrogens (tertiary/aromatic N) is 1. The Bertz CT molecular complexity index is 470. The zero-order chi connectivity index (χ0) is 9.42. The van der Waals surface area contributed by atoms with Gasteiger partial charge in [-0.3, -0.25) is 0 Å². The van der Waals surface area contributed by atoms with Gasteiger partial charge in [0.1, 0.15) is 11.6 Å². The van der Waals surface area contributed by atoms with E-state index in [2.05, 4.69) is 20.9 Å². The molecule has 0 aliphatic rings. The average Bonchev–Trinajstić information content (AvgIpc) is 2.08. The number of hydrogen-bond acceptors (Lipinski definition) is 2. The van der Waals surface area contributed by atoms with Crippen molar-refractivity contribution in [1.82, 2.24) is 4.98 Å². The Morgan fingerprint density at radius 2 is 2.08 bits per heavy atom. The van der Waals surface area contributed by atoms with Gasteiger partial charge in [-0.15, -0.1) is 0 Å². The maximum Gasteiger partial charge on any atom is 0.138 e. The second-order valence-corrected chi connectivity index (χ2v) is 3.55. The lowest BCUT2D eigenvalue weighted by molar-refractivity contribution is 0.629. The summed E-state index contributed by atoms with van der Waals surface area (Å²) in [6.07, 6.45) is 0. The SMILES string of the molecule is Nc1nc2ccc(F)cc2cc1Br. The summed E-state index contributed by atoms with van der Waals surface area (Å²) in [6, 6.07) is 6.14. The number of benzene rings is 1. The molecular formula is C9H6BrFN2. The molecule has 1 aromatic heterocycles. The van der Waals surface area contributed by atoms with E-state index >= 15 is 0 Å². The van der Waals surface area contributed by atoms with Crippen LogP contribution in [0.25, 0.3) is 10.9 Å². The molecule has 0 atom stereocenters. The van der Waals surface area contributed by atoms with Crippen molar-refractivity contribution >= 4 is 32.7 Å². The third-order valence-corrected chi connectivity index (χ3v) is 2.39. The Kier molecular flexibility index (Phi) is 1.92. The molecule has 66 valence electrons. The van der Waals surface area contributed by atoms with Gasteiger partial charge in [-0.05, 0) is 40.2 Å². The fourth-order valence-corrected chi connectivity index (χ4v) is 1.47. The van der Waals surface area contributed by atoms with Gasteiger partial charge in [0.2, 0.25) is 0 Å². The molecular weight excluding hydrogens is 235 g/mol. The summed E-state index contributed by atoms with van der Waals surface area (Å²) in [5.41, 5.74) is 6.27. The van der Waals surface area contributed by atoms with E-state index in [-0.39, 0.29) is 5.82 Å². The molecule has 0 saturated heterocycles. The fraction of sp³-hybridized carbons (Fsp3) is 0. The minimum absolute atomic E-state index is 0.272. The van der Waals surface area contributed by atoms with Crippen molar-refractivity contribution in [2.24, 2.45) is 0 Å². The Morgan fingerprint density at radius 3 is 2.85 bits per heavy atom. The number of pyridine rings is 1. The first-order chi connectivity index (χ1) is 6.16.